The summed E-state index contributed by atoms with van der Waals surface area (Å²) in [5.74, 6) is -0.158. The summed E-state index contributed by atoms with van der Waals surface area (Å²) in [4.78, 5) is 2.07. The molecular formula is C14H17BrFN3. The number of hydrogen-bond acceptors (Lipinski definition) is 2. The summed E-state index contributed by atoms with van der Waals surface area (Å²) in [6, 6.07) is 6.87. The number of benzene rings is 1. The quantitative estimate of drug-likeness (QED) is 0.860. The lowest BCUT2D eigenvalue weighted by Crippen LogP contribution is -2.20. The van der Waals surface area contributed by atoms with Crippen LogP contribution < -0.4 is 0 Å². The zero-order valence-corrected chi connectivity index (χ0v) is 12.9. The van der Waals surface area contributed by atoms with Crippen LogP contribution in [0, 0.1) is 12.7 Å². The fourth-order valence-corrected chi connectivity index (χ4v) is 2.54. The van der Waals surface area contributed by atoms with Gasteiger partial charge < -0.3 is 0 Å². The summed E-state index contributed by atoms with van der Waals surface area (Å²) in [6.45, 7) is 3.25. The minimum absolute atomic E-state index is 0.158. The third kappa shape index (κ3) is 3.22. The molecule has 0 amide bonds. The number of aromatic nitrogens is 2. The van der Waals surface area contributed by atoms with Gasteiger partial charge in [0.2, 0.25) is 0 Å². The Labute approximate surface area is 121 Å². The van der Waals surface area contributed by atoms with Crippen LogP contribution in [0.15, 0.2) is 28.7 Å². The van der Waals surface area contributed by atoms with Gasteiger partial charge in [-0.3, -0.25) is 9.58 Å². The maximum Gasteiger partial charge on any atom is 0.127 e. The molecule has 1 aromatic heterocycles. The largest absolute Gasteiger partial charge is 0.296 e. The number of hydrogen-bond donors (Lipinski definition) is 0. The number of aryl methyl sites for hydroxylation is 2. The van der Waals surface area contributed by atoms with Crippen LogP contribution in [0.2, 0.25) is 0 Å². The van der Waals surface area contributed by atoms with Crippen molar-refractivity contribution in [3.63, 3.8) is 0 Å². The van der Waals surface area contributed by atoms with E-state index in [1.54, 1.807) is 6.07 Å². The van der Waals surface area contributed by atoms with E-state index in [2.05, 4.69) is 25.9 Å². The van der Waals surface area contributed by atoms with Crippen molar-refractivity contribution in [2.45, 2.75) is 20.0 Å². The molecule has 1 heterocycles. The van der Waals surface area contributed by atoms with Crippen LogP contribution in [-0.2, 0) is 20.1 Å². The van der Waals surface area contributed by atoms with Gasteiger partial charge in [0.25, 0.3) is 0 Å². The first-order chi connectivity index (χ1) is 8.99. The summed E-state index contributed by atoms with van der Waals surface area (Å²) in [5.41, 5.74) is 2.77. The lowest BCUT2D eigenvalue weighted by Gasteiger charge is -2.17. The van der Waals surface area contributed by atoms with Crippen LogP contribution in [0.25, 0.3) is 0 Å². The SMILES string of the molecule is Cc1nn(C)c(CN(C)Cc2ccccc2F)c1Br. The van der Waals surface area contributed by atoms with Crippen molar-refractivity contribution < 1.29 is 4.39 Å². The summed E-state index contributed by atoms with van der Waals surface area (Å²) in [5, 5.41) is 4.36. The van der Waals surface area contributed by atoms with Crippen molar-refractivity contribution in [1.29, 1.82) is 0 Å². The van der Waals surface area contributed by atoms with Gasteiger partial charge in [0.1, 0.15) is 5.82 Å². The molecule has 0 aliphatic carbocycles. The molecule has 0 aliphatic heterocycles. The standard InChI is InChI=1S/C14H17BrFN3/c1-10-14(15)13(19(3)17-10)9-18(2)8-11-6-4-5-7-12(11)16/h4-7H,8-9H2,1-3H3. The smallest absolute Gasteiger partial charge is 0.127 e. The molecule has 0 radical (unpaired) electrons. The summed E-state index contributed by atoms with van der Waals surface area (Å²) >= 11 is 3.55. The Morgan fingerprint density at radius 3 is 2.58 bits per heavy atom. The Bertz CT molecular complexity index is 580. The van der Waals surface area contributed by atoms with Gasteiger partial charge in [-0.15, -0.1) is 0 Å². The molecule has 0 spiro atoms. The van der Waals surface area contributed by atoms with Gasteiger partial charge >= 0.3 is 0 Å². The lowest BCUT2D eigenvalue weighted by molar-refractivity contribution is 0.304. The molecule has 102 valence electrons. The second-order valence-electron chi connectivity index (χ2n) is 4.73. The predicted octanol–water partition coefficient (Wildman–Crippen LogP) is 3.26. The lowest BCUT2D eigenvalue weighted by atomic mass is 10.2. The van der Waals surface area contributed by atoms with Crippen molar-refractivity contribution in [3.05, 3.63) is 51.5 Å². The maximum absolute atomic E-state index is 13.6. The van der Waals surface area contributed by atoms with E-state index in [-0.39, 0.29) is 5.82 Å². The second kappa shape index (κ2) is 5.84. The highest BCUT2D eigenvalue weighted by Gasteiger charge is 2.13. The molecule has 3 nitrogen and oxygen atoms in total. The van der Waals surface area contributed by atoms with E-state index in [4.69, 9.17) is 0 Å². The van der Waals surface area contributed by atoms with Crippen LogP contribution in [0.3, 0.4) is 0 Å². The molecule has 0 fully saturated rings. The summed E-state index contributed by atoms with van der Waals surface area (Å²) in [7, 11) is 3.89. The average molecular weight is 326 g/mol. The van der Waals surface area contributed by atoms with Crippen LogP contribution in [0.4, 0.5) is 4.39 Å². The van der Waals surface area contributed by atoms with Crippen molar-refractivity contribution in [3.8, 4) is 0 Å². The van der Waals surface area contributed by atoms with E-state index >= 15 is 0 Å². The van der Waals surface area contributed by atoms with E-state index in [1.165, 1.54) is 6.07 Å². The van der Waals surface area contributed by atoms with Gasteiger partial charge in [-0.25, -0.2) is 4.39 Å². The third-order valence-corrected chi connectivity index (χ3v) is 4.11. The highest BCUT2D eigenvalue weighted by atomic mass is 79.9. The van der Waals surface area contributed by atoms with Crippen LogP contribution in [0.1, 0.15) is 17.0 Å². The van der Waals surface area contributed by atoms with E-state index in [0.29, 0.717) is 18.7 Å². The van der Waals surface area contributed by atoms with E-state index in [1.807, 2.05) is 37.8 Å². The molecule has 0 atom stereocenters. The normalized spacial score (nSPS) is 11.3. The first-order valence-electron chi connectivity index (χ1n) is 6.09. The Morgan fingerprint density at radius 1 is 1.32 bits per heavy atom. The molecule has 2 rings (SSSR count). The van der Waals surface area contributed by atoms with Gasteiger partial charge in [-0.2, -0.15) is 5.10 Å². The second-order valence-corrected chi connectivity index (χ2v) is 5.53. The number of nitrogens with zero attached hydrogens (tertiary/aromatic N) is 3. The van der Waals surface area contributed by atoms with Crippen molar-refractivity contribution in [2.24, 2.45) is 7.05 Å². The summed E-state index contributed by atoms with van der Waals surface area (Å²) < 4.78 is 16.5. The molecule has 0 aliphatic rings. The molecule has 0 saturated heterocycles. The molecule has 0 saturated carbocycles. The molecular weight excluding hydrogens is 309 g/mol. The van der Waals surface area contributed by atoms with Gasteiger partial charge in [0, 0.05) is 25.7 Å². The van der Waals surface area contributed by atoms with E-state index < -0.39 is 0 Å². The molecule has 0 bridgehead atoms. The Hall–Kier alpha value is -1.20. The van der Waals surface area contributed by atoms with E-state index in [0.717, 1.165) is 15.9 Å². The van der Waals surface area contributed by atoms with E-state index in [9.17, 15) is 4.39 Å². The molecule has 0 unspecified atom stereocenters. The highest BCUT2D eigenvalue weighted by Crippen LogP contribution is 2.22. The first kappa shape index (κ1) is 14.2. The van der Waals surface area contributed by atoms with Crippen LogP contribution in [-0.4, -0.2) is 21.7 Å². The minimum Gasteiger partial charge on any atom is -0.296 e. The Kier molecular flexibility index (Phi) is 4.37. The van der Waals surface area contributed by atoms with Gasteiger partial charge in [-0.05, 0) is 36.0 Å². The van der Waals surface area contributed by atoms with Gasteiger partial charge in [0.15, 0.2) is 0 Å². The van der Waals surface area contributed by atoms with Gasteiger partial charge in [0.05, 0.1) is 15.9 Å². The molecule has 2 aromatic rings. The van der Waals surface area contributed by atoms with Crippen LogP contribution in [0.5, 0.6) is 0 Å². The maximum atomic E-state index is 13.6. The fraction of sp³-hybridized carbons (Fsp3) is 0.357. The monoisotopic (exact) mass is 325 g/mol. The Morgan fingerprint density at radius 2 is 2.00 bits per heavy atom. The molecule has 19 heavy (non-hydrogen) atoms. The number of halogens is 2. The topological polar surface area (TPSA) is 21.1 Å². The first-order valence-corrected chi connectivity index (χ1v) is 6.88. The zero-order chi connectivity index (χ0) is 14.0. The zero-order valence-electron chi connectivity index (χ0n) is 11.3. The molecule has 1 aromatic carbocycles. The number of rotatable bonds is 4. The van der Waals surface area contributed by atoms with Crippen LogP contribution >= 0.6 is 15.9 Å². The van der Waals surface area contributed by atoms with Crippen molar-refractivity contribution in [1.82, 2.24) is 14.7 Å². The van der Waals surface area contributed by atoms with Crippen molar-refractivity contribution >= 4 is 15.9 Å². The average Bonchev–Trinajstić information content (AvgIpc) is 2.59. The molecule has 5 heteroatoms. The minimum atomic E-state index is -0.158. The Balaban J connectivity index is 2.10. The summed E-state index contributed by atoms with van der Waals surface area (Å²) in [6.07, 6.45) is 0. The predicted molar refractivity (Wildman–Crippen MR) is 77.2 cm³/mol. The molecule has 0 N–H and O–H groups in total. The third-order valence-electron chi connectivity index (χ3n) is 3.08. The van der Waals surface area contributed by atoms with Gasteiger partial charge in [-0.1, -0.05) is 18.2 Å². The highest BCUT2D eigenvalue weighted by molar-refractivity contribution is 9.10. The fourth-order valence-electron chi connectivity index (χ4n) is 2.08. The van der Waals surface area contributed by atoms with Crippen molar-refractivity contribution in [2.75, 3.05) is 7.05 Å².